The van der Waals surface area contributed by atoms with E-state index in [1.165, 1.54) is 18.4 Å². The highest BCUT2D eigenvalue weighted by molar-refractivity contribution is 5.20. The van der Waals surface area contributed by atoms with Crippen molar-refractivity contribution in [1.29, 1.82) is 0 Å². The Morgan fingerprint density at radius 1 is 1.36 bits per heavy atom. The van der Waals surface area contributed by atoms with Gasteiger partial charge in [0.05, 0.1) is 13.2 Å². The van der Waals surface area contributed by atoms with Crippen LogP contribution in [0, 0.1) is 0 Å². The lowest BCUT2D eigenvalue weighted by molar-refractivity contribution is 0.162. The summed E-state index contributed by atoms with van der Waals surface area (Å²) in [5.74, 6) is 1.86. The molecule has 1 aliphatic rings. The molecule has 0 radical (unpaired) electrons. The highest BCUT2D eigenvalue weighted by atomic mass is 16.5. The van der Waals surface area contributed by atoms with E-state index in [4.69, 9.17) is 9.47 Å². The van der Waals surface area contributed by atoms with Gasteiger partial charge in [-0.05, 0) is 32.8 Å². The zero-order chi connectivity index (χ0) is 10.6. The fourth-order valence-electron chi connectivity index (χ4n) is 1.22. The normalized spacial score (nSPS) is 17.1. The van der Waals surface area contributed by atoms with Gasteiger partial charge in [-0.25, -0.2) is 0 Å². The maximum Gasteiger partial charge on any atom is 0.156 e. The summed E-state index contributed by atoms with van der Waals surface area (Å²) in [6.07, 6.45) is 5.75. The van der Waals surface area contributed by atoms with Gasteiger partial charge in [0.1, 0.15) is 5.76 Å². The van der Waals surface area contributed by atoms with Gasteiger partial charge >= 0.3 is 0 Å². The average Bonchev–Trinajstić information content (AvgIpc) is 2.94. The lowest BCUT2D eigenvalue weighted by Gasteiger charge is -2.11. The molecule has 0 unspecified atom stereocenters. The van der Waals surface area contributed by atoms with E-state index in [0.29, 0.717) is 6.10 Å². The maximum absolute atomic E-state index is 5.77. The zero-order valence-corrected chi connectivity index (χ0v) is 9.59. The minimum absolute atomic E-state index is 0.445. The van der Waals surface area contributed by atoms with Crippen LogP contribution in [0.3, 0.4) is 0 Å². The van der Waals surface area contributed by atoms with Crippen LogP contribution in [0.4, 0.5) is 0 Å². The van der Waals surface area contributed by atoms with Crippen LogP contribution in [0.25, 0.3) is 0 Å². The molecule has 0 spiro atoms. The van der Waals surface area contributed by atoms with Crippen molar-refractivity contribution >= 4 is 0 Å². The molecule has 0 aromatic carbocycles. The molecule has 0 aromatic heterocycles. The Balaban J connectivity index is 2.73. The molecule has 1 aliphatic carbocycles. The summed E-state index contributed by atoms with van der Waals surface area (Å²) in [5.41, 5.74) is 1.23. The molecule has 14 heavy (non-hydrogen) atoms. The van der Waals surface area contributed by atoms with Gasteiger partial charge in [-0.1, -0.05) is 12.5 Å². The lowest BCUT2D eigenvalue weighted by Crippen LogP contribution is -1.99. The largest absolute Gasteiger partial charge is 0.493 e. The van der Waals surface area contributed by atoms with Gasteiger partial charge in [0.2, 0.25) is 0 Å². The number of hydrogen-bond donors (Lipinski definition) is 0. The molecule has 0 heterocycles. The first-order valence-electron chi connectivity index (χ1n) is 5.26. The van der Waals surface area contributed by atoms with Crippen molar-refractivity contribution in [2.45, 2.75) is 46.1 Å². The maximum atomic E-state index is 5.77. The molecule has 0 aliphatic heterocycles. The fourth-order valence-corrected chi connectivity index (χ4v) is 1.22. The van der Waals surface area contributed by atoms with E-state index in [-0.39, 0.29) is 0 Å². The molecule has 0 aromatic rings. The first kappa shape index (κ1) is 11.2. The van der Waals surface area contributed by atoms with Crippen LogP contribution in [0.5, 0.6) is 0 Å². The van der Waals surface area contributed by atoms with Gasteiger partial charge in [0, 0.05) is 6.42 Å². The summed E-state index contributed by atoms with van der Waals surface area (Å²) in [6, 6.07) is 0. The van der Waals surface area contributed by atoms with Crippen molar-refractivity contribution in [2.75, 3.05) is 7.11 Å². The first-order chi connectivity index (χ1) is 6.67. The van der Waals surface area contributed by atoms with Crippen LogP contribution in [0.2, 0.25) is 0 Å². The van der Waals surface area contributed by atoms with Crippen molar-refractivity contribution in [3.8, 4) is 0 Å². The van der Waals surface area contributed by atoms with Crippen molar-refractivity contribution in [1.82, 2.24) is 0 Å². The fraction of sp³-hybridized carbons (Fsp3) is 0.667. The van der Waals surface area contributed by atoms with E-state index in [2.05, 4.69) is 20.8 Å². The second-order valence-electron chi connectivity index (χ2n) is 3.88. The van der Waals surface area contributed by atoms with Crippen LogP contribution in [0.15, 0.2) is 23.2 Å². The monoisotopic (exact) mass is 196 g/mol. The topological polar surface area (TPSA) is 18.5 Å². The SMILES string of the molecule is CCC(OC1CC1)=C(C=C(C)C)OC. The number of ether oxygens (including phenoxy) is 2. The van der Waals surface area contributed by atoms with Crippen molar-refractivity contribution in [3.63, 3.8) is 0 Å². The molecule has 2 nitrogen and oxygen atoms in total. The molecule has 1 saturated carbocycles. The molecule has 2 heteroatoms. The van der Waals surface area contributed by atoms with Crippen LogP contribution in [0.1, 0.15) is 40.0 Å². The first-order valence-corrected chi connectivity index (χ1v) is 5.26. The van der Waals surface area contributed by atoms with E-state index in [0.717, 1.165) is 17.9 Å². The average molecular weight is 196 g/mol. The smallest absolute Gasteiger partial charge is 0.156 e. The Morgan fingerprint density at radius 3 is 2.36 bits per heavy atom. The third-order valence-corrected chi connectivity index (χ3v) is 2.07. The molecule has 80 valence electrons. The molecular formula is C12H20O2. The second kappa shape index (κ2) is 5.08. The number of methoxy groups -OCH3 is 1. The highest BCUT2D eigenvalue weighted by Crippen LogP contribution is 2.29. The zero-order valence-electron chi connectivity index (χ0n) is 9.59. The van der Waals surface area contributed by atoms with Gasteiger partial charge < -0.3 is 9.47 Å². The summed E-state index contributed by atoms with van der Waals surface area (Å²) < 4.78 is 11.1. The molecular weight excluding hydrogens is 176 g/mol. The number of rotatable bonds is 5. The number of hydrogen-bond acceptors (Lipinski definition) is 2. The minimum Gasteiger partial charge on any atom is -0.493 e. The minimum atomic E-state index is 0.445. The molecule has 0 atom stereocenters. The predicted molar refractivity (Wildman–Crippen MR) is 57.9 cm³/mol. The molecule has 0 amide bonds. The summed E-state index contributed by atoms with van der Waals surface area (Å²) in [6.45, 7) is 6.21. The van der Waals surface area contributed by atoms with Crippen LogP contribution < -0.4 is 0 Å². The summed E-state index contributed by atoms with van der Waals surface area (Å²) in [5, 5.41) is 0. The van der Waals surface area contributed by atoms with Gasteiger partial charge in [-0.3, -0.25) is 0 Å². The Morgan fingerprint density at radius 2 is 2.00 bits per heavy atom. The highest BCUT2D eigenvalue weighted by Gasteiger charge is 2.25. The molecule has 0 bridgehead atoms. The lowest BCUT2D eigenvalue weighted by atomic mass is 10.2. The Labute approximate surface area is 86.6 Å². The van der Waals surface area contributed by atoms with Crippen molar-refractivity contribution in [3.05, 3.63) is 23.2 Å². The Hall–Kier alpha value is -0.920. The van der Waals surface area contributed by atoms with Gasteiger partial charge in [-0.2, -0.15) is 0 Å². The quantitative estimate of drug-likeness (QED) is 0.495. The third kappa shape index (κ3) is 3.44. The van der Waals surface area contributed by atoms with Crippen molar-refractivity contribution < 1.29 is 9.47 Å². The van der Waals surface area contributed by atoms with E-state index in [1.54, 1.807) is 7.11 Å². The van der Waals surface area contributed by atoms with Gasteiger partial charge in [-0.15, -0.1) is 0 Å². The predicted octanol–water partition coefficient (Wildman–Crippen LogP) is 3.40. The Bertz CT molecular complexity index is 243. The van der Waals surface area contributed by atoms with Crippen LogP contribution in [-0.2, 0) is 9.47 Å². The van der Waals surface area contributed by atoms with E-state index >= 15 is 0 Å². The molecule has 1 fully saturated rings. The van der Waals surface area contributed by atoms with Crippen LogP contribution >= 0.6 is 0 Å². The number of allylic oxidation sites excluding steroid dienone is 3. The Kier molecular flexibility index (Phi) is 4.05. The van der Waals surface area contributed by atoms with E-state index < -0.39 is 0 Å². The molecule has 0 saturated heterocycles. The van der Waals surface area contributed by atoms with E-state index in [9.17, 15) is 0 Å². The molecule has 0 N–H and O–H groups in total. The van der Waals surface area contributed by atoms with E-state index in [1.807, 2.05) is 6.08 Å². The summed E-state index contributed by atoms with van der Waals surface area (Å²) in [4.78, 5) is 0. The van der Waals surface area contributed by atoms with Gasteiger partial charge in [0.25, 0.3) is 0 Å². The van der Waals surface area contributed by atoms with Gasteiger partial charge in [0.15, 0.2) is 5.76 Å². The summed E-state index contributed by atoms with van der Waals surface area (Å²) >= 11 is 0. The molecule has 1 rings (SSSR count). The van der Waals surface area contributed by atoms with Crippen LogP contribution in [-0.4, -0.2) is 13.2 Å². The van der Waals surface area contributed by atoms with Crippen molar-refractivity contribution in [2.24, 2.45) is 0 Å². The standard InChI is InChI=1S/C12H20O2/c1-5-11(14-10-6-7-10)12(13-4)8-9(2)3/h8,10H,5-7H2,1-4H3. The third-order valence-electron chi connectivity index (χ3n) is 2.07. The summed E-state index contributed by atoms with van der Waals surface area (Å²) in [7, 11) is 1.70. The second-order valence-corrected chi connectivity index (χ2v) is 3.88.